The average molecular weight is 348 g/mol. The molecule has 1 aromatic heterocycles. The molecule has 0 aliphatic rings. The maximum absolute atomic E-state index is 11.9. The van der Waals surface area contributed by atoms with Gasteiger partial charge >= 0.3 is 11.9 Å². The van der Waals surface area contributed by atoms with Crippen LogP contribution >= 0.6 is 0 Å². The second-order valence-corrected chi connectivity index (χ2v) is 5.32. The van der Waals surface area contributed by atoms with E-state index < -0.39 is 11.9 Å². The molecule has 0 bridgehead atoms. The van der Waals surface area contributed by atoms with Crippen molar-refractivity contribution in [2.75, 3.05) is 7.11 Å². The molecule has 3 rings (SSSR count). The van der Waals surface area contributed by atoms with E-state index in [4.69, 9.17) is 4.74 Å². The minimum Gasteiger partial charge on any atom is -0.465 e. The first-order valence-corrected chi connectivity index (χ1v) is 7.84. The third kappa shape index (κ3) is 4.24. The molecule has 0 N–H and O–H groups in total. The normalized spacial score (nSPS) is 10.7. The van der Waals surface area contributed by atoms with Gasteiger partial charge in [-0.2, -0.15) is 5.10 Å². The molecule has 0 spiro atoms. The van der Waals surface area contributed by atoms with Crippen LogP contribution in [0.25, 0.3) is 11.8 Å². The standard InChI is InChI=1S/C20H16N2O4/c1-25-20(24)16-8-10-18(11-9-16)26-19(23)12-7-15-13-21-22(14-15)17-5-3-2-4-6-17/h2-14H,1H3/b12-7+. The van der Waals surface area contributed by atoms with Crippen LogP contribution in [0.3, 0.4) is 0 Å². The van der Waals surface area contributed by atoms with Crippen molar-refractivity contribution in [3.63, 3.8) is 0 Å². The second-order valence-electron chi connectivity index (χ2n) is 5.32. The fourth-order valence-corrected chi connectivity index (χ4v) is 2.24. The maximum atomic E-state index is 11.9. The fourth-order valence-electron chi connectivity index (χ4n) is 2.24. The Morgan fingerprint density at radius 1 is 1.04 bits per heavy atom. The van der Waals surface area contributed by atoms with E-state index >= 15 is 0 Å². The van der Waals surface area contributed by atoms with Crippen LogP contribution in [0.15, 0.2) is 73.1 Å². The monoisotopic (exact) mass is 348 g/mol. The first-order valence-electron chi connectivity index (χ1n) is 7.84. The lowest BCUT2D eigenvalue weighted by Gasteiger charge is -2.02. The first-order chi connectivity index (χ1) is 12.7. The van der Waals surface area contributed by atoms with E-state index in [0.29, 0.717) is 11.3 Å². The van der Waals surface area contributed by atoms with Gasteiger partial charge in [0.15, 0.2) is 0 Å². The van der Waals surface area contributed by atoms with Crippen LogP contribution in [0.2, 0.25) is 0 Å². The van der Waals surface area contributed by atoms with Gasteiger partial charge in [-0.15, -0.1) is 0 Å². The van der Waals surface area contributed by atoms with Crippen molar-refractivity contribution in [1.29, 1.82) is 0 Å². The Morgan fingerprint density at radius 3 is 2.46 bits per heavy atom. The summed E-state index contributed by atoms with van der Waals surface area (Å²) in [7, 11) is 1.31. The first kappa shape index (κ1) is 17.2. The van der Waals surface area contributed by atoms with Crippen molar-refractivity contribution in [3.05, 3.63) is 84.2 Å². The van der Waals surface area contributed by atoms with E-state index in [2.05, 4.69) is 9.84 Å². The van der Waals surface area contributed by atoms with Crippen LogP contribution in [0.5, 0.6) is 5.75 Å². The van der Waals surface area contributed by atoms with Crippen LogP contribution in [0.1, 0.15) is 15.9 Å². The van der Waals surface area contributed by atoms with E-state index in [-0.39, 0.29) is 0 Å². The summed E-state index contributed by atoms with van der Waals surface area (Å²) in [6.45, 7) is 0. The summed E-state index contributed by atoms with van der Waals surface area (Å²) in [5.41, 5.74) is 2.09. The zero-order chi connectivity index (χ0) is 18.4. The van der Waals surface area contributed by atoms with Crippen LogP contribution < -0.4 is 4.74 Å². The topological polar surface area (TPSA) is 70.4 Å². The number of esters is 2. The van der Waals surface area contributed by atoms with Gasteiger partial charge in [-0.25, -0.2) is 14.3 Å². The number of carbonyl (C=O) groups excluding carboxylic acids is 2. The lowest BCUT2D eigenvalue weighted by molar-refractivity contribution is -0.128. The maximum Gasteiger partial charge on any atom is 0.337 e. The van der Waals surface area contributed by atoms with Gasteiger partial charge in [0.1, 0.15) is 5.75 Å². The third-order valence-corrected chi connectivity index (χ3v) is 3.53. The molecule has 6 heteroatoms. The Bertz CT molecular complexity index is 928. The Hall–Kier alpha value is -3.67. The number of para-hydroxylation sites is 1. The van der Waals surface area contributed by atoms with Crippen molar-refractivity contribution in [2.45, 2.75) is 0 Å². The highest BCUT2D eigenvalue weighted by atomic mass is 16.5. The van der Waals surface area contributed by atoms with E-state index in [1.807, 2.05) is 36.5 Å². The molecule has 130 valence electrons. The zero-order valence-corrected chi connectivity index (χ0v) is 14.0. The number of aromatic nitrogens is 2. The number of hydrogen-bond donors (Lipinski definition) is 0. The molecule has 0 aliphatic heterocycles. The summed E-state index contributed by atoms with van der Waals surface area (Å²) >= 11 is 0. The molecular weight excluding hydrogens is 332 g/mol. The van der Waals surface area contributed by atoms with Gasteiger partial charge in [0.2, 0.25) is 0 Å². The van der Waals surface area contributed by atoms with Gasteiger partial charge in [0.05, 0.1) is 24.6 Å². The van der Waals surface area contributed by atoms with Crippen LogP contribution in [-0.2, 0) is 9.53 Å². The molecular formula is C20H16N2O4. The number of rotatable bonds is 5. The smallest absolute Gasteiger partial charge is 0.337 e. The zero-order valence-electron chi connectivity index (χ0n) is 14.0. The number of carbonyl (C=O) groups is 2. The molecule has 26 heavy (non-hydrogen) atoms. The SMILES string of the molecule is COC(=O)c1ccc(OC(=O)/C=C/c2cnn(-c3ccccc3)c2)cc1. The molecule has 2 aromatic carbocycles. The molecule has 0 fully saturated rings. The molecule has 0 unspecified atom stereocenters. The van der Waals surface area contributed by atoms with Gasteiger partial charge in [0.25, 0.3) is 0 Å². The van der Waals surface area contributed by atoms with Crippen molar-refractivity contribution in [1.82, 2.24) is 9.78 Å². The van der Waals surface area contributed by atoms with Crippen LogP contribution in [-0.4, -0.2) is 28.8 Å². The molecule has 6 nitrogen and oxygen atoms in total. The minimum absolute atomic E-state index is 0.340. The summed E-state index contributed by atoms with van der Waals surface area (Å²) in [6.07, 6.45) is 6.41. The van der Waals surface area contributed by atoms with Crippen molar-refractivity contribution >= 4 is 18.0 Å². The highest BCUT2D eigenvalue weighted by molar-refractivity contribution is 5.90. The molecule has 0 saturated heterocycles. The lowest BCUT2D eigenvalue weighted by atomic mass is 10.2. The van der Waals surface area contributed by atoms with Gasteiger partial charge in [-0.1, -0.05) is 18.2 Å². The molecule has 0 amide bonds. The number of hydrogen-bond acceptors (Lipinski definition) is 5. The predicted octanol–water partition coefficient (Wildman–Crippen LogP) is 3.28. The predicted molar refractivity (Wildman–Crippen MR) is 96.0 cm³/mol. The summed E-state index contributed by atoms with van der Waals surface area (Å²) in [4.78, 5) is 23.3. The fraction of sp³-hybridized carbons (Fsp3) is 0.0500. The van der Waals surface area contributed by atoms with Crippen LogP contribution in [0.4, 0.5) is 0 Å². The van der Waals surface area contributed by atoms with E-state index in [9.17, 15) is 9.59 Å². The average Bonchev–Trinajstić information content (AvgIpc) is 3.16. The molecule has 3 aromatic rings. The summed E-state index contributed by atoms with van der Waals surface area (Å²) in [6, 6.07) is 15.8. The summed E-state index contributed by atoms with van der Waals surface area (Å²) < 4.78 is 11.5. The number of methoxy groups -OCH3 is 1. The molecule has 0 saturated carbocycles. The second kappa shape index (κ2) is 7.94. The number of nitrogens with zero attached hydrogens (tertiary/aromatic N) is 2. The lowest BCUT2D eigenvalue weighted by Crippen LogP contribution is -2.05. The van der Waals surface area contributed by atoms with Gasteiger partial charge in [0, 0.05) is 17.8 Å². The molecule has 0 aliphatic carbocycles. The van der Waals surface area contributed by atoms with Gasteiger partial charge in [-0.3, -0.25) is 0 Å². The Balaban J connectivity index is 1.61. The van der Waals surface area contributed by atoms with E-state index in [1.54, 1.807) is 17.0 Å². The Labute approximate surface area is 150 Å². The van der Waals surface area contributed by atoms with Gasteiger partial charge < -0.3 is 9.47 Å². The van der Waals surface area contributed by atoms with E-state index in [1.165, 1.54) is 37.5 Å². The Morgan fingerprint density at radius 2 is 1.77 bits per heavy atom. The highest BCUT2D eigenvalue weighted by Gasteiger charge is 2.06. The minimum atomic E-state index is -0.525. The van der Waals surface area contributed by atoms with Crippen molar-refractivity contribution in [2.24, 2.45) is 0 Å². The quantitative estimate of drug-likeness (QED) is 0.402. The number of ether oxygens (including phenoxy) is 2. The summed E-state index contributed by atoms with van der Waals surface area (Å²) in [5.74, 6) is -0.631. The van der Waals surface area contributed by atoms with Gasteiger partial charge in [-0.05, 0) is 42.5 Å². The Kier molecular flexibility index (Phi) is 5.24. The van der Waals surface area contributed by atoms with E-state index in [0.717, 1.165) is 11.3 Å². The third-order valence-electron chi connectivity index (χ3n) is 3.53. The summed E-state index contributed by atoms with van der Waals surface area (Å²) in [5, 5.41) is 4.25. The molecule has 0 radical (unpaired) electrons. The van der Waals surface area contributed by atoms with Crippen LogP contribution in [0, 0.1) is 0 Å². The molecule has 0 atom stereocenters. The molecule has 1 heterocycles. The van der Waals surface area contributed by atoms with Crippen molar-refractivity contribution in [3.8, 4) is 11.4 Å². The largest absolute Gasteiger partial charge is 0.465 e. The number of benzene rings is 2. The van der Waals surface area contributed by atoms with Crippen molar-refractivity contribution < 1.29 is 19.1 Å². The highest BCUT2D eigenvalue weighted by Crippen LogP contribution is 2.14.